The molecule has 1 aliphatic heterocycles. The van der Waals surface area contributed by atoms with E-state index in [9.17, 15) is 19.5 Å². The molecule has 7 nitrogen and oxygen atoms in total. The first-order valence-electron chi connectivity index (χ1n) is 8.90. The van der Waals surface area contributed by atoms with Gasteiger partial charge >= 0.3 is 5.97 Å². The Kier molecular flexibility index (Phi) is 7.97. The summed E-state index contributed by atoms with van der Waals surface area (Å²) >= 11 is 1.59. The van der Waals surface area contributed by atoms with Crippen LogP contribution < -0.4 is 10.1 Å². The summed E-state index contributed by atoms with van der Waals surface area (Å²) in [5.74, 6) is -0.872. The lowest BCUT2D eigenvalue weighted by Gasteiger charge is -2.24. The van der Waals surface area contributed by atoms with Gasteiger partial charge in [0.05, 0.1) is 5.92 Å². The summed E-state index contributed by atoms with van der Waals surface area (Å²) in [6, 6.07) is 8.30. The molecule has 1 heterocycles. The third kappa shape index (κ3) is 6.16. The van der Waals surface area contributed by atoms with Gasteiger partial charge in [-0.1, -0.05) is 25.1 Å². The number of amides is 2. The number of likely N-dealkylation sites (tertiary alicyclic amines) is 1. The molecular weight excluding hydrogens is 368 g/mol. The zero-order valence-electron chi connectivity index (χ0n) is 15.6. The van der Waals surface area contributed by atoms with Gasteiger partial charge in [0.15, 0.2) is 6.61 Å². The molecule has 0 saturated carbocycles. The number of carbonyl (C=O) groups excluding carboxylic acids is 2. The molecule has 2 N–H and O–H groups in total. The van der Waals surface area contributed by atoms with Gasteiger partial charge in [0.1, 0.15) is 11.8 Å². The summed E-state index contributed by atoms with van der Waals surface area (Å²) in [5.41, 5.74) is 0. The molecule has 1 fully saturated rings. The van der Waals surface area contributed by atoms with Crippen LogP contribution in [0.3, 0.4) is 0 Å². The number of ether oxygens (including phenoxy) is 1. The number of carboxylic acids is 1. The highest BCUT2D eigenvalue weighted by atomic mass is 32.2. The standard InChI is InChI=1S/C19H26N2O5S/c1-13-10-21(11-15(13)19(24)25)18(23)16(8-9-27-2)20-17(22)12-26-14-6-4-3-5-7-14/h3-7,13,15-16H,8-12H2,1-2H3,(H,20,22)(H,24,25)/t13-,15-,16?/m1/s1. The molecule has 3 atom stereocenters. The maximum absolute atomic E-state index is 12.8. The van der Waals surface area contributed by atoms with E-state index >= 15 is 0 Å². The van der Waals surface area contributed by atoms with E-state index < -0.39 is 17.9 Å². The monoisotopic (exact) mass is 394 g/mol. The Morgan fingerprint density at radius 3 is 2.59 bits per heavy atom. The van der Waals surface area contributed by atoms with Gasteiger partial charge in [-0.2, -0.15) is 11.8 Å². The fraction of sp³-hybridized carbons (Fsp3) is 0.526. The number of aliphatic carboxylic acids is 1. The van der Waals surface area contributed by atoms with Gasteiger partial charge in [-0.25, -0.2) is 0 Å². The van der Waals surface area contributed by atoms with E-state index in [-0.39, 0.29) is 30.9 Å². The molecule has 0 aromatic heterocycles. The highest BCUT2D eigenvalue weighted by Crippen LogP contribution is 2.24. The van der Waals surface area contributed by atoms with Crippen LogP contribution in [0.2, 0.25) is 0 Å². The van der Waals surface area contributed by atoms with Crippen molar-refractivity contribution in [3.63, 3.8) is 0 Å². The van der Waals surface area contributed by atoms with Crippen LogP contribution in [0.25, 0.3) is 0 Å². The number of thioether (sulfide) groups is 1. The molecule has 2 rings (SSSR count). The number of hydrogen-bond donors (Lipinski definition) is 2. The topological polar surface area (TPSA) is 95.9 Å². The van der Waals surface area contributed by atoms with Crippen LogP contribution in [0.15, 0.2) is 30.3 Å². The highest BCUT2D eigenvalue weighted by molar-refractivity contribution is 7.98. The van der Waals surface area contributed by atoms with E-state index in [1.807, 2.05) is 31.4 Å². The Morgan fingerprint density at radius 1 is 1.30 bits per heavy atom. The normalized spacial score (nSPS) is 20.1. The predicted molar refractivity (Wildman–Crippen MR) is 104 cm³/mol. The van der Waals surface area contributed by atoms with Crippen LogP contribution in [0.1, 0.15) is 13.3 Å². The molecule has 1 aromatic carbocycles. The molecule has 1 aromatic rings. The van der Waals surface area contributed by atoms with Crippen molar-refractivity contribution in [2.75, 3.05) is 31.7 Å². The molecule has 0 bridgehead atoms. The first-order valence-corrected chi connectivity index (χ1v) is 10.3. The quantitative estimate of drug-likeness (QED) is 0.659. The SMILES string of the molecule is CSCCC(NC(=O)COc1ccccc1)C(=O)N1C[C@@H](C)[C@H](C(=O)O)C1. The summed E-state index contributed by atoms with van der Waals surface area (Å²) < 4.78 is 5.42. The van der Waals surface area contributed by atoms with Crippen LogP contribution in [-0.2, 0) is 14.4 Å². The number of rotatable bonds is 9. The maximum Gasteiger partial charge on any atom is 0.308 e. The number of carbonyl (C=O) groups is 3. The third-order valence-corrected chi connectivity index (χ3v) is 5.24. The first-order chi connectivity index (χ1) is 12.9. The zero-order valence-corrected chi connectivity index (χ0v) is 16.4. The summed E-state index contributed by atoms with van der Waals surface area (Å²) in [6.07, 6.45) is 2.42. The van der Waals surface area contributed by atoms with Crippen molar-refractivity contribution in [3.8, 4) is 5.75 Å². The molecule has 1 unspecified atom stereocenters. The maximum atomic E-state index is 12.8. The third-order valence-electron chi connectivity index (χ3n) is 4.60. The first kappa shape index (κ1) is 21.1. The van der Waals surface area contributed by atoms with Crippen molar-refractivity contribution in [3.05, 3.63) is 30.3 Å². The number of benzene rings is 1. The Morgan fingerprint density at radius 2 is 2.00 bits per heavy atom. The van der Waals surface area contributed by atoms with Gasteiger partial charge in [0.2, 0.25) is 5.91 Å². The molecule has 1 saturated heterocycles. The van der Waals surface area contributed by atoms with Gasteiger partial charge in [0, 0.05) is 13.1 Å². The average molecular weight is 394 g/mol. The van der Waals surface area contributed by atoms with Gasteiger partial charge in [0.25, 0.3) is 5.91 Å². The minimum Gasteiger partial charge on any atom is -0.484 e. The fourth-order valence-corrected chi connectivity index (χ4v) is 3.55. The largest absolute Gasteiger partial charge is 0.484 e. The number of hydrogen-bond acceptors (Lipinski definition) is 5. The van der Waals surface area contributed by atoms with E-state index in [1.165, 1.54) is 0 Å². The van der Waals surface area contributed by atoms with E-state index in [0.29, 0.717) is 24.5 Å². The number of nitrogens with one attached hydrogen (secondary N) is 1. The lowest BCUT2D eigenvalue weighted by atomic mass is 9.99. The Labute approximate surface area is 163 Å². The predicted octanol–water partition coefficient (Wildman–Crippen LogP) is 1.48. The van der Waals surface area contributed by atoms with Crippen LogP contribution in [-0.4, -0.2) is 65.5 Å². The number of nitrogens with zero attached hydrogens (tertiary/aromatic N) is 1. The summed E-state index contributed by atoms with van der Waals surface area (Å²) in [7, 11) is 0. The molecule has 1 aliphatic rings. The zero-order chi connectivity index (χ0) is 19.8. The van der Waals surface area contributed by atoms with Gasteiger partial charge < -0.3 is 20.1 Å². The van der Waals surface area contributed by atoms with Gasteiger partial charge in [-0.05, 0) is 36.5 Å². The molecule has 0 aliphatic carbocycles. The Balaban J connectivity index is 1.94. The lowest BCUT2D eigenvalue weighted by molar-refractivity contribution is -0.142. The Hall–Kier alpha value is -2.22. The second-order valence-corrected chi connectivity index (χ2v) is 7.65. The van der Waals surface area contributed by atoms with Gasteiger partial charge in [-0.3, -0.25) is 14.4 Å². The summed E-state index contributed by atoms with van der Waals surface area (Å²) in [5, 5.41) is 12.0. The molecular formula is C19H26N2O5S. The molecule has 0 spiro atoms. The minimum absolute atomic E-state index is 0.107. The fourth-order valence-electron chi connectivity index (χ4n) is 3.08. The van der Waals surface area contributed by atoms with Crippen molar-refractivity contribution in [1.29, 1.82) is 0 Å². The average Bonchev–Trinajstić information content (AvgIpc) is 3.05. The summed E-state index contributed by atoms with van der Waals surface area (Å²) in [6.45, 7) is 2.22. The van der Waals surface area contributed by atoms with Crippen LogP contribution in [0.4, 0.5) is 0 Å². The van der Waals surface area contributed by atoms with Crippen LogP contribution >= 0.6 is 11.8 Å². The van der Waals surface area contributed by atoms with E-state index in [1.54, 1.807) is 28.8 Å². The smallest absolute Gasteiger partial charge is 0.308 e. The molecule has 8 heteroatoms. The lowest BCUT2D eigenvalue weighted by Crippen LogP contribution is -2.49. The van der Waals surface area contributed by atoms with E-state index in [4.69, 9.17) is 4.74 Å². The van der Waals surface area contributed by atoms with Gasteiger partial charge in [-0.15, -0.1) is 0 Å². The molecule has 148 valence electrons. The Bertz CT molecular complexity index is 655. The second-order valence-electron chi connectivity index (χ2n) is 6.67. The minimum atomic E-state index is -0.890. The number of carboxylic acid groups (broad SMARTS) is 1. The number of para-hydroxylation sites is 1. The highest BCUT2D eigenvalue weighted by Gasteiger charge is 2.39. The van der Waals surface area contributed by atoms with Crippen molar-refractivity contribution in [1.82, 2.24) is 10.2 Å². The van der Waals surface area contributed by atoms with Crippen LogP contribution in [0.5, 0.6) is 5.75 Å². The van der Waals surface area contributed by atoms with E-state index in [2.05, 4.69) is 5.32 Å². The van der Waals surface area contributed by atoms with Crippen molar-refractivity contribution in [2.24, 2.45) is 11.8 Å². The van der Waals surface area contributed by atoms with E-state index in [0.717, 1.165) is 0 Å². The van der Waals surface area contributed by atoms with Crippen LogP contribution in [0, 0.1) is 11.8 Å². The summed E-state index contributed by atoms with van der Waals surface area (Å²) in [4.78, 5) is 37.9. The van der Waals surface area contributed by atoms with Crippen molar-refractivity contribution < 1.29 is 24.2 Å². The second kappa shape index (κ2) is 10.2. The molecule has 27 heavy (non-hydrogen) atoms. The van der Waals surface area contributed by atoms with Crippen molar-refractivity contribution in [2.45, 2.75) is 19.4 Å². The van der Waals surface area contributed by atoms with Crippen molar-refractivity contribution >= 4 is 29.5 Å². The molecule has 2 amide bonds. The molecule has 0 radical (unpaired) electrons.